The van der Waals surface area contributed by atoms with Gasteiger partial charge in [-0.05, 0) is 25.2 Å². The van der Waals surface area contributed by atoms with Crippen molar-refractivity contribution in [1.29, 1.82) is 0 Å². The predicted molar refractivity (Wildman–Crippen MR) is 97.8 cm³/mol. The molecule has 122 valence electrons. The Morgan fingerprint density at radius 2 is 2.00 bits per heavy atom. The van der Waals surface area contributed by atoms with Crippen LogP contribution in [0.1, 0.15) is 66.0 Å². The van der Waals surface area contributed by atoms with Gasteiger partial charge in [0.25, 0.3) is 0 Å². The number of nitrogens with zero attached hydrogens (tertiary/aromatic N) is 2. The molecule has 0 amide bonds. The van der Waals surface area contributed by atoms with E-state index in [9.17, 15) is 0 Å². The van der Waals surface area contributed by atoms with Crippen molar-refractivity contribution in [2.24, 2.45) is 5.92 Å². The SMILES string of the molecule is C.C/C=C\C=C/[C@@H](C)CC#CCCCn1cnc(C(C)C)c1. The molecule has 0 aliphatic heterocycles. The zero-order valence-electron chi connectivity index (χ0n) is 13.8. The normalized spacial score (nSPS) is 12.4. The third-order valence-electron chi connectivity index (χ3n) is 3.26. The van der Waals surface area contributed by atoms with E-state index in [1.165, 1.54) is 5.69 Å². The standard InChI is InChI=1S/C19H28N2.CH4/c1-5-6-9-12-18(4)13-10-7-8-11-14-21-15-19(17(2)3)20-16-21;/h5-6,9,12,15-18H,8,11,13-14H2,1-4H3;1H4/b6-5-,12-9-;/t18-;/m1./s1. The summed E-state index contributed by atoms with van der Waals surface area (Å²) in [5.74, 6) is 7.57. The summed E-state index contributed by atoms with van der Waals surface area (Å²) < 4.78 is 2.17. The summed E-state index contributed by atoms with van der Waals surface area (Å²) in [5, 5.41) is 0. The zero-order chi connectivity index (χ0) is 15.5. The van der Waals surface area contributed by atoms with Crippen LogP contribution in [-0.4, -0.2) is 9.55 Å². The maximum Gasteiger partial charge on any atom is 0.0949 e. The van der Waals surface area contributed by atoms with Gasteiger partial charge in [0.2, 0.25) is 0 Å². The minimum absolute atomic E-state index is 0. The molecule has 0 spiro atoms. The molecule has 0 aromatic carbocycles. The molecule has 0 aliphatic rings. The molecule has 0 bridgehead atoms. The van der Waals surface area contributed by atoms with E-state index in [0.717, 1.165) is 25.8 Å². The van der Waals surface area contributed by atoms with Crippen molar-refractivity contribution in [3.05, 3.63) is 42.5 Å². The fourth-order valence-electron chi connectivity index (χ4n) is 1.90. The molecule has 1 aromatic rings. The molecule has 1 aromatic heterocycles. The number of imidazole rings is 1. The second kappa shape index (κ2) is 11.9. The summed E-state index contributed by atoms with van der Waals surface area (Å²) in [5.41, 5.74) is 1.17. The zero-order valence-corrected chi connectivity index (χ0v) is 13.8. The smallest absolute Gasteiger partial charge is 0.0949 e. The molecule has 0 N–H and O–H groups in total. The van der Waals surface area contributed by atoms with E-state index in [-0.39, 0.29) is 7.43 Å². The number of allylic oxidation sites excluding steroid dienone is 4. The van der Waals surface area contributed by atoms with E-state index >= 15 is 0 Å². The van der Waals surface area contributed by atoms with E-state index in [4.69, 9.17) is 0 Å². The Balaban J connectivity index is 0.00000441. The highest BCUT2D eigenvalue weighted by atomic mass is 15.0. The first-order valence-electron chi connectivity index (χ1n) is 7.90. The van der Waals surface area contributed by atoms with E-state index in [0.29, 0.717) is 11.8 Å². The van der Waals surface area contributed by atoms with Crippen LogP contribution in [0.5, 0.6) is 0 Å². The molecule has 0 saturated carbocycles. The summed E-state index contributed by atoms with van der Waals surface area (Å²) in [6.07, 6.45) is 15.4. The number of rotatable bonds is 7. The first kappa shape index (κ1) is 20.2. The van der Waals surface area contributed by atoms with Crippen LogP contribution < -0.4 is 0 Å². The molecule has 1 heterocycles. The molecule has 0 unspecified atom stereocenters. The first-order chi connectivity index (χ1) is 10.1. The largest absolute Gasteiger partial charge is 0.337 e. The summed E-state index contributed by atoms with van der Waals surface area (Å²) in [6.45, 7) is 9.58. The van der Waals surface area contributed by atoms with Gasteiger partial charge in [0.1, 0.15) is 0 Å². The average Bonchev–Trinajstić information content (AvgIpc) is 2.92. The van der Waals surface area contributed by atoms with E-state index in [1.54, 1.807) is 0 Å². The molecule has 0 saturated heterocycles. The Morgan fingerprint density at radius 3 is 2.64 bits per heavy atom. The lowest BCUT2D eigenvalue weighted by molar-refractivity contribution is 0.652. The molecule has 0 fully saturated rings. The fourth-order valence-corrected chi connectivity index (χ4v) is 1.90. The molecular weight excluding hydrogens is 268 g/mol. The molecule has 1 atom stereocenters. The van der Waals surface area contributed by atoms with Crippen LogP contribution >= 0.6 is 0 Å². The van der Waals surface area contributed by atoms with Gasteiger partial charge in [-0.3, -0.25) is 0 Å². The first-order valence-corrected chi connectivity index (χ1v) is 7.90. The highest BCUT2D eigenvalue weighted by Gasteiger charge is 2.02. The third kappa shape index (κ3) is 8.52. The van der Waals surface area contributed by atoms with Crippen LogP contribution in [0, 0.1) is 17.8 Å². The van der Waals surface area contributed by atoms with Crippen molar-refractivity contribution >= 4 is 0 Å². The van der Waals surface area contributed by atoms with Crippen LogP contribution in [0.4, 0.5) is 0 Å². The summed E-state index contributed by atoms with van der Waals surface area (Å²) in [4.78, 5) is 4.40. The van der Waals surface area contributed by atoms with Gasteiger partial charge >= 0.3 is 0 Å². The summed E-state index contributed by atoms with van der Waals surface area (Å²) in [6, 6.07) is 0. The minimum Gasteiger partial charge on any atom is -0.337 e. The lowest BCUT2D eigenvalue weighted by atomic mass is 10.1. The fraction of sp³-hybridized carbons (Fsp3) is 0.550. The van der Waals surface area contributed by atoms with Gasteiger partial charge in [-0.15, -0.1) is 11.8 Å². The highest BCUT2D eigenvalue weighted by Crippen LogP contribution is 2.11. The highest BCUT2D eigenvalue weighted by molar-refractivity contribution is 5.07. The van der Waals surface area contributed by atoms with Crippen molar-refractivity contribution in [1.82, 2.24) is 9.55 Å². The molecule has 22 heavy (non-hydrogen) atoms. The number of aromatic nitrogens is 2. The van der Waals surface area contributed by atoms with Gasteiger partial charge in [-0.1, -0.05) is 52.5 Å². The van der Waals surface area contributed by atoms with Crippen molar-refractivity contribution in [2.75, 3.05) is 0 Å². The van der Waals surface area contributed by atoms with Crippen LogP contribution in [0.3, 0.4) is 0 Å². The Labute approximate surface area is 137 Å². The minimum atomic E-state index is 0. The van der Waals surface area contributed by atoms with E-state index < -0.39 is 0 Å². The average molecular weight is 300 g/mol. The topological polar surface area (TPSA) is 17.8 Å². The van der Waals surface area contributed by atoms with Crippen molar-refractivity contribution < 1.29 is 0 Å². The lowest BCUT2D eigenvalue weighted by Gasteiger charge is -2.00. The van der Waals surface area contributed by atoms with Crippen LogP contribution in [0.2, 0.25) is 0 Å². The van der Waals surface area contributed by atoms with Crippen LogP contribution in [0.25, 0.3) is 0 Å². The van der Waals surface area contributed by atoms with Crippen molar-refractivity contribution in [3.8, 4) is 11.8 Å². The van der Waals surface area contributed by atoms with Crippen molar-refractivity contribution in [2.45, 2.75) is 66.8 Å². The monoisotopic (exact) mass is 300 g/mol. The predicted octanol–water partition coefficient (Wildman–Crippen LogP) is 5.58. The molecular formula is C20H32N2. The van der Waals surface area contributed by atoms with Crippen molar-refractivity contribution in [3.63, 3.8) is 0 Å². The number of aryl methyl sites for hydroxylation is 1. The van der Waals surface area contributed by atoms with Gasteiger partial charge in [-0.2, -0.15) is 0 Å². The number of hydrogen-bond acceptors (Lipinski definition) is 1. The van der Waals surface area contributed by atoms with Gasteiger partial charge in [0.15, 0.2) is 0 Å². The third-order valence-corrected chi connectivity index (χ3v) is 3.26. The molecule has 0 radical (unpaired) electrons. The number of hydrogen-bond donors (Lipinski definition) is 0. The van der Waals surface area contributed by atoms with Gasteiger partial charge in [0, 0.05) is 25.6 Å². The summed E-state index contributed by atoms with van der Waals surface area (Å²) in [7, 11) is 0. The second-order valence-electron chi connectivity index (χ2n) is 5.74. The molecule has 2 nitrogen and oxygen atoms in total. The molecule has 1 rings (SSSR count). The van der Waals surface area contributed by atoms with Crippen LogP contribution in [0.15, 0.2) is 36.8 Å². The Kier molecular flexibility index (Phi) is 10.9. The maximum absolute atomic E-state index is 4.40. The second-order valence-corrected chi connectivity index (χ2v) is 5.74. The quantitative estimate of drug-likeness (QED) is 0.365. The Bertz CT molecular complexity index is 509. The van der Waals surface area contributed by atoms with Gasteiger partial charge in [0.05, 0.1) is 12.0 Å². The van der Waals surface area contributed by atoms with Gasteiger partial charge < -0.3 is 4.57 Å². The molecule has 0 aliphatic carbocycles. The molecule has 2 heteroatoms. The van der Waals surface area contributed by atoms with Crippen LogP contribution in [-0.2, 0) is 6.54 Å². The summed E-state index contributed by atoms with van der Waals surface area (Å²) >= 11 is 0. The number of unbranched alkanes of at least 4 members (excludes halogenated alkanes) is 1. The van der Waals surface area contributed by atoms with Gasteiger partial charge in [-0.25, -0.2) is 4.98 Å². The Morgan fingerprint density at radius 1 is 1.23 bits per heavy atom. The van der Waals surface area contributed by atoms with E-state index in [2.05, 4.69) is 66.6 Å². The maximum atomic E-state index is 4.40. The Hall–Kier alpha value is -1.75. The van der Waals surface area contributed by atoms with E-state index in [1.807, 2.05) is 19.3 Å². The lowest BCUT2D eigenvalue weighted by Crippen LogP contribution is -1.94.